The highest BCUT2D eigenvalue weighted by Crippen LogP contribution is 2.46. The number of benzene rings is 9. The third-order valence-electron chi connectivity index (χ3n) is 11.0. The summed E-state index contributed by atoms with van der Waals surface area (Å²) in [6.07, 6.45) is 0. The molecule has 9 aromatic carbocycles. The Morgan fingerprint density at radius 3 is 1.47 bits per heavy atom. The molecule has 0 radical (unpaired) electrons. The second kappa shape index (κ2) is 13.6. The minimum absolute atomic E-state index is 0.626. The van der Waals surface area contributed by atoms with Gasteiger partial charge in [-0.1, -0.05) is 182 Å². The fourth-order valence-corrected chi connectivity index (χ4v) is 8.23. The van der Waals surface area contributed by atoms with Gasteiger partial charge in [-0.05, 0) is 67.7 Å². The van der Waals surface area contributed by atoms with Crippen LogP contribution in [0, 0.1) is 0 Å². The van der Waals surface area contributed by atoms with Gasteiger partial charge in [0.15, 0.2) is 17.5 Å². The highest BCUT2D eigenvalue weighted by Gasteiger charge is 2.21. The maximum absolute atomic E-state index is 6.69. The van der Waals surface area contributed by atoms with Crippen molar-refractivity contribution in [2.45, 2.75) is 0 Å². The van der Waals surface area contributed by atoms with Crippen LogP contribution in [0.2, 0.25) is 0 Å². The molecule has 0 atom stereocenters. The minimum Gasteiger partial charge on any atom is -0.455 e. The quantitative estimate of drug-likeness (QED) is 0.171. The molecule has 0 saturated carbocycles. The second-order valence-electron chi connectivity index (χ2n) is 14.3. The summed E-state index contributed by atoms with van der Waals surface area (Å²) in [6, 6.07) is 69.8. The van der Waals surface area contributed by atoms with Gasteiger partial charge in [0.05, 0.1) is 0 Å². The molecular formula is C53H33N3O. The largest absolute Gasteiger partial charge is 0.455 e. The van der Waals surface area contributed by atoms with Gasteiger partial charge in [-0.2, -0.15) is 0 Å². The first kappa shape index (κ1) is 32.7. The van der Waals surface area contributed by atoms with Crippen LogP contribution in [0.4, 0.5) is 0 Å². The lowest BCUT2D eigenvalue weighted by Gasteiger charge is -2.16. The summed E-state index contributed by atoms with van der Waals surface area (Å²) in [5.41, 5.74) is 11.5. The maximum atomic E-state index is 6.69. The number of aromatic nitrogens is 3. The Morgan fingerprint density at radius 1 is 0.281 bits per heavy atom. The summed E-state index contributed by atoms with van der Waals surface area (Å²) in [5, 5.41) is 6.61. The van der Waals surface area contributed by atoms with E-state index >= 15 is 0 Å². The summed E-state index contributed by atoms with van der Waals surface area (Å²) in [6.45, 7) is 0. The van der Waals surface area contributed by atoms with Crippen molar-refractivity contribution in [3.05, 3.63) is 200 Å². The van der Waals surface area contributed by atoms with Crippen LogP contribution in [0.15, 0.2) is 205 Å². The van der Waals surface area contributed by atoms with E-state index in [0.717, 1.165) is 88.0 Å². The van der Waals surface area contributed by atoms with Crippen LogP contribution in [0.3, 0.4) is 0 Å². The maximum Gasteiger partial charge on any atom is 0.164 e. The Balaban J connectivity index is 1.13. The van der Waals surface area contributed by atoms with Crippen molar-refractivity contribution >= 4 is 43.5 Å². The van der Waals surface area contributed by atoms with Gasteiger partial charge in [0.2, 0.25) is 0 Å². The lowest BCUT2D eigenvalue weighted by atomic mass is 9.88. The predicted molar refractivity (Wildman–Crippen MR) is 235 cm³/mol. The fraction of sp³-hybridized carbons (Fsp3) is 0. The molecule has 2 heterocycles. The second-order valence-corrected chi connectivity index (χ2v) is 14.3. The molecule has 0 aliphatic carbocycles. The molecule has 11 aromatic rings. The van der Waals surface area contributed by atoms with Crippen LogP contribution in [-0.2, 0) is 0 Å². The Labute approximate surface area is 329 Å². The van der Waals surface area contributed by atoms with Crippen molar-refractivity contribution < 1.29 is 4.42 Å². The zero-order valence-corrected chi connectivity index (χ0v) is 30.8. The van der Waals surface area contributed by atoms with E-state index in [1.165, 1.54) is 5.56 Å². The Morgan fingerprint density at radius 2 is 0.772 bits per heavy atom. The first-order valence-electron chi connectivity index (χ1n) is 19.2. The van der Waals surface area contributed by atoms with E-state index in [9.17, 15) is 0 Å². The van der Waals surface area contributed by atoms with Crippen molar-refractivity contribution in [3.8, 4) is 67.5 Å². The van der Waals surface area contributed by atoms with Crippen LogP contribution in [0.25, 0.3) is 111 Å². The average Bonchev–Trinajstić information content (AvgIpc) is 3.68. The average molecular weight is 728 g/mol. The number of fused-ring (bicyclic) bond motifs is 6. The van der Waals surface area contributed by atoms with E-state index in [1.54, 1.807) is 0 Å². The van der Waals surface area contributed by atoms with E-state index in [1.807, 2.05) is 42.5 Å². The summed E-state index contributed by atoms with van der Waals surface area (Å²) < 4.78 is 6.69. The third-order valence-corrected chi connectivity index (χ3v) is 11.0. The molecule has 57 heavy (non-hydrogen) atoms. The molecule has 11 rings (SSSR count). The number of nitrogens with zero attached hydrogens (tertiary/aromatic N) is 3. The molecule has 2 aromatic heterocycles. The smallest absolute Gasteiger partial charge is 0.164 e. The van der Waals surface area contributed by atoms with Gasteiger partial charge in [-0.25, -0.2) is 15.0 Å². The first-order valence-corrected chi connectivity index (χ1v) is 19.2. The van der Waals surface area contributed by atoms with Gasteiger partial charge < -0.3 is 4.42 Å². The minimum atomic E-state index is 0.626. The molecule has 0 aliphatic rings. The molecule has 0 N–H and O–H groups in total. The number of rotatable bonds is 6. The molecule has 0 amide bonds. The molecule has 4 nitrogen and oxygen atoms in total. The Hall–Kier alpha value is -7.69. The van der Waals surface area contributed by atoms with Gasteiger partial charge in [0.25, 0.3) is 0 Å². The van der Waals surface area contributed by atoms with E-state index in [0.29, 0.717) is 17.5 Å². The molecule has 266 valence electrons. The van der Waals surface area contributed by atoms with Crippen molar-refractivity contribution in [1.82, 2.24) is 15.0 Å². The molecule has 0 saturated heterocycles. The summed E-state index contributed by atoms with van der Waals surface area (Å²) in [5.74, 6) is 1.89. The zero-order valence-electron chi connectivity index (χ0n) is 30.8. The molecule has 0 bridgehead atoms. The normalized spacial score (nSPS) is 11.5. The van der Waals surface area contributed by atoms with Crippen LogP contribution < -0.4 is 0 Å². The van der Waals surface area contributed by atoms with E-state index < -0.39 is 0 Å². The summed E-state index contributed by atoms with van der Waals surface area (Å²) in [7, 11) is 0. The van der Waals surface area contributed by atoms with Gasteiger partial charge in [-0.3, -0.25) is 0 Å². The number of hydrogen-bond donors (Lipinski definition) is 0. The first-order chi connectivity index (χ1) is 28.3. The zero-order chi connectivity index (χ0) is 37.7. The van der Waals surface area contributed by atoms with Crippen molar-refractivity contribution in [1.29, 1.82) is 0 Å². The highest BCUT2D eigenvalue weighted by atomic mass is 16.3. The van der Waals surface area contributed by atoms with Gasteiger partial charge in [0, 0.05) is 32.8 Å². The predicted octanol–water partition coefficient (Wildman–Crippen LogP) is 14.1. The van der Waals surface area contributed by atoms with Crippen LogP contribution in [0.5, 0.6) is 0 Å². The molecule has 0 unspecified atom stereocenters. The van der Waals surface area contributed by atoms with Crippen molar-refractivity contribution in [3.63, 3.8) is 0 Å². The van der Waals surface area contributed by atoms with E-state index in [-0.39, 0.29) is 0 Å². The van der Waals surface area contributed by atoms with E-state index in [2.05, 4.69) is 158 Å². The molecule has 4 heteroatoms. The van der Waals surface area contributed by atoms with Gasteiger partial charge in [-0.15, -0.1) is 0 Å². The van der Waals surface area contributed by atoms with Crippen LogP contribution in [0.1, 0.15) is 0 Å². The molecule has 0 fully saturated rings. The fourth-order valence-electron chi connectivity index (χ4n) is 8.23. The van der Waals surface area contributed by atoms with Crippen LogP contribution in [-0.4, -0.2) is 15.0 Å². The van der Waals surface area contributed by atoms with Gasteiger partial charge in [0.1, 0.15) is 11.2 Å². The summed E-state index contributed by atoms with van der Waals surface area (Å²) in [4.78, 5) is 15.4. The Kier molecular flexibility index (Phi) is 7.78. The van der Waals surface area contributed by atoms with Crippen molar-refractivity contribution in [2.75, 3.05) is 0 Å². The van der Waals surface area contributed by atoms with E-state index in [4.69, 9.17) is 19.4 Å². The molecule has 0 spiro atoms. The lowest BCUT2D eigenvalue weighted by Crippen LogP contribution is -2.01. The monoisotopic (exact) mass is 727 g/mol. The van der Waals surface area contributed by atoms with Crippen molar-refractivity contribution in [2.24, 2.45) is 0 Å². The van der Waals surface area contributed by atoms with Crippen LogP contribution >= 0.6 is 0 Å². The highest BCUT2D eigenvalue weighted by molar-refractivity contribution is 6.24. The van der Waals surface area contributed by atoms with Gasteiger partial charge >= 0.3 is 0 Å². The lowest BCUT2D eigenvalue weighted by molar-refractivity contribution is 0.673. The number of hydrogen-bond acceptors (Lipinski definition) is 4. The standard InChI is InChI=1S/C53H33N3O/c1-4-15-34(16-5-1)35-27-29-38(30-28-35)52-54-51(37-19-8-3-9-20-37)55-53(56-52)45-32-31-42(40-21-10-11-22-41(40)45)46-33-47-43-23-12-13-26-48(43)57-50(47)49-39(24-14-25-44(46)49)36-17-6-2-7-18-36/h1-33H. The molecule has 0 aliphatic heterocycles. The SMILES string of the molecule is c1ccc(-c2ccc(-c3nc(-c4ccccc4)nc(-c4ccc(-c5cc6c7ccccc7oc6c6c(-c7ccccc7)cccc56)c5ccccc45)n3)cc2)cc1. The molecular weight excluding hydrogens is 695 g/mol. The number of para-hydroxylation sites is 1. The summed E-state index contributed by atoms with van der Waals surface area (Å²) >= 11 is 0. The Bertz CT molecular complexity index is 3260. The third kappa shape index (κ3) is 5.66. The number of furan rings is 1. The topological polar surface area (TPSA) is 51.8 Å².